The first kappa shape index (κ1) is 15.0. The van der Waals surface area contributed by atoms with Crippen molar-refractivity contribution in [1.29, 1.82) is 0 Å². The monoisotopic (exact) mass is 309 g/mol. The first-order valence-corrected chi connectivity index (χ1v) is 7.51. The van der Waals surface area contributed by atoms with Gasteiger partial charge in [0.05, 0.1) is 12.6 Å². The zero-order chi connectivity index (χ0) is 14.5. The van der Waals surface area contributed by atoms with Crippen LogP contribution < -0.4 is 10.6 Å². The van der Waals surface area contributed by atoms with Crippen LogP contribution in [0.4, 0.5) is 5.69 Å². The average molecular weight is 310 g/mol. The fourth-order valence-corrected chi connectivity index (χ4v) is 2.60. The first-order valence-electron chi connectivity index (χ1n) is 6.25. The van der Waals surface area contributed by atoms with E-state index in [1.807, 2.05) is 19.2 Å². The van der Waals surface area contributed by atoms with Crippen LogP contribution in [0.25, 0.3) is 0 Å². The largest absolute Gasteiger partial charge is 0.325 e. The number of carbonyl (C=O) groups excluding carboxylic acids is 1. The number of aromatic nitrogens is 1. The van der Waals surface area contributed by atoms with Crippen molar-refractivity contribution in [2.45, 2.75) is 19.9 Å². The lowest BCUT2D eigenvalue weighted by molar-refractivity contribution is -0.115. The van der Waals surface area contributed by atoms with Gasteiger partial charge in [-0.25, -0.2) is 4.98 Å². The number of nitrogens with zero attached hydrogens (tertiary/aromatic N) is 1. The van der Waals surface area contributed by atoms with Crippen LogP contribution in [0, 0.1) is 6.92 Å². The van der Waals surface area contributed by atoms with Crippen LogP contribution in [0.1, 0.15) is 23.7 Å². The fourth-order valence-electron chi connectivity index (χ4n) is 1.64. The summed E-state index contributed by atoms with van der Waals surface area (Å²) >= 11 is 7.38. The zero-order valence-corrected chi connectivity index (χ0v) is 12.9. The summed E-state index contributed by atoms with van der Waals surface area (Å²) in [6.07, 6.45) is 0. The molecule has 0 saturated heterocycles. The number of thiazole rings is 1. The van der Waals surface area contributed by atoms with Crippen molar-refractivity contribution >= 4 is 34.5 Å². The van der Waals surface area contributed by atoms with Crippen molar-refractivity contribution in [2.24, 2.45) is 0 Å². The number of carbonyl (C=O) groups is 1. The van der Waals surface area contributed by atoms with Gasteiger partial charge < -0.3 is 5.32 Å². The van der Waals surface area contributed by atoms with Gasteiger partial charge in [-0.15, -0.1) is 11.3 Å². The van der Waals surface area contributed by atoms with Crippen LogP contribution in [0.5, 0.6) is 0 Å². The number of aryl methyl sites for hydroxylation is 1. The van der Waals surface area contributed by atoms with Gasteiger partial charge in [0, 0.05) is 21.8 Å². The molecular formula is C14H16ClN3OS. The molecule has 1 unspecified atom stereocenters. The minimum Gasteiger partial charge on any atom is -0.325 e. The van der Waals surface area contributed by atoms with E-state index in [4.69, 9.17) is 11.6 Å². The Bertz CT molecular complexity index is 582. The van der Waals surface area contributed by atoms with E-state index >= 15 is 0 Å². The standard InChI is InChI=1S/C14H16ClN3OS/c1-9-8-20-14(17-9)10(2)16-7-13(19)18-12-5-3-11(15)4-6-12/h3-6,8,10,16H,7H2,1-2H3,(H,18,19). The van der Waals surface area contributed by atoms with Gasteiger partial charge in [0.1, 0.15) is 5.01 Å². The molecule has 0 aliphatic heterocycles. The van der Waals surface area contributed by atoms with Gasteiger partial charge in [0.15, 0.2) is 0 Å². The molecule has 0 saturated carbocycles. The molecule has 1 aromatic carbocycles. The smallest absolute Gasteiger partial charge is 0.238 e. The number of benzene rings is 1. The highest BCUT2D eigenvalue weighted by Crippen LogP contribution is 2.17. The van der Waals surface area contributed by atoms with Crippen LogP contribution in [-0.4, -0.2) is 17.4 Å². The second-order valence-corrected chi connectivity index (χ2v) is 5.81. The van der Waals surface area contributed by atoms with E-state index in [1.54, 1.807) is 35.6 Å². The lowest BCUT2D eigenvalue weighted by Gasteiger charge is -2.11. The normalized spacial score (nSPS) is 12.2. The first-order chi connectivity index (χ1) is 9.54. The third-order valence-electron chi connectivity index (χ3n) is 2.70. The SMILES string of the molecule is Cc1csc(C(C)NCC(=O)Nc2ccc(Cl)cc2)n1. The highest BCUT2D eigenvalue weighted by molar-refractivity contribution is 7.09. The number of halogens is 1. The molecule has 0 spiro atoms. The van der Waals surface area contributed by atoms with Gasteiger partial charge in [-0.1, -0.05) is 11.6 Å². The number of rotatable bonds is 5. The molecule has 0 aliphatic carbocycles. The highest BCUT2D eigenvalue weighted by Gasteiger charge is 2.10. The molecule has 2 N–H and O–H groups in total. The Balaban J connectivity index is 1.81. The van der Waals surface area contributed by atoms with Crippen molar-refractivity contribution in [1.82, 2.24) is 10.3 Å². The van der Waals surface area contributed by atoms with Crippen molar-refractivity contribution < 1.29 is 4.79 Å². The minimum absolute atomic E-state index is 0.0599. The Morgan fingerprint density at radius 1 is 1.40 bits per heavy atom. The molecule has 1 amide bonds. The number of hydrogen-bond acceptors (Lipinski definition) is 4. The summed E-state index contributed by atoms with van der Waals surface area (Å²) in [4.78, 5) is 16.2. The molecule has 1 atom stereocenters. The molecule has 0 fully saturated rings. The van der Waals surface area contributed by atoms with Crippen molar-refractivity contribution in [3.8, 4) is 0 Å². The summed E-state index contributed by atoms with van der Waals surface area (Å²) in [6.45, 7) is 4.19. The minimum atomic E-state index is -0.0903. The Hall–Kier alpha value is -1.43. The van der Waals surface area contributed by atoms with Crippen molar-refractivity contribution in [2.75, 3.05) is 11.9 Å². The van der Waals surface area contributed by atoms with Crippen LogP contribution in [0.2, 0.25) is 5.02 Å². The summed E-state index contributed by atoms with van der Waals surface area (Å²) in [5, 5.41) is 9.59. The molecule has 4 nitrogen and oxygen atoms in total. The number of hydrogen-bond donors (Lipinski definition) is 2. The Morgan fingerprint density at radius 2 is 2.10 bits per heavy atom. The van der Waals surface area contributed by atoms with E-state index in [2.05, 4.69) is 15.6 Å². The quantitative estimate of drug-likeness (QED) is 0.890. The van der Waals surface area contributed by atoms with E-state index in [0.29, 0.717) is 5.02 Å². The molecule has 1 aromatic heterocycles. The number of anilines is 1. The molecule has 2 rings (SSSR count). The van der Waals surface area contributed by atoms with Gasteiger partial charge in [-0.3, -0.25) is 10.1 Å². The number of amides is 1. The maximum absolute atomic E-state index is 11.8. The molecular weight excluding hydrogens is 294 g/mol. The molecule has 2 aromatic rings. The Labute approximate surface area is 127 Å². The zero-order valence-electron chi connectivity index (χ0n) is 11.3. The summed E-state index contributed by atoms with van der Waals surface area (Å²) < 4.78 is 0. The van der Waals surface area contributed by atoms with Crippen LogP contribution in [0.15, 0.2) is 29.6 Å². The Morgan fingerprint density at radius 3 is 2.70 bits per heavy atom. The maximum atomic E-state index is 11.8. The van der Waals surface area contributed by atoms with E-state index in [1.165, 1.54) is 0 Å². The second kappa shape index (κ2) is 6.83. The summed E-state index contributed by atoms with van der Waals surface area (Å²) in [6, 6.07) is 7.09. The van der Waals surface area contributed by atoms with E-state index in [-0.39, 0.29) is 18.5 Å². The summed E-state index contributed by atoms with van der Waals surface area (Å²) in [5.74, 6) is -0.0903. The molecule has 1 heterocycles. The third kappa shape index (κ3) is 4.30. The van der Waals surface area contributed by atoms with Crippen LogP contribution >= 0.6 is 22.9 Å². The van der Waals surface area contributed by atoms with Crippen molar-refractivity contribution in [3.63, 3.8) is 0 Å². The molecule has 0 radical (unpaired) electrons. The molecule has 6 heteroatoms. The maximum Gasteiger partial charge on any atom is 0.238 e. The number of nitrogens with one attached hydrogen (secondary N) is 2. The predicted octanol–water partition coefficient (Wildman–Crippen LogP) is 3.39. The van der Waals surface area contributed by atoms with Gasteiger partial charge in [-0.2, -0.15) is 0 Å². The van der Waals surface area contributed by atoms with Gasteiger partial charge in [0.2, 0.25) is 5.91 Å². The predicted molar refractivity (Wildman–Crippen MR) is 83.4 cm³/mol. The summed E-state index contributed by atoms with van der Waals surface area (Å²) in [5.41, 5.74) is 1.74. The lowest BCUT2D eigenvalue weighted by Crippen LogP contribution is -2.30. The third-order valence-corrected chi connectivity index (χ3v) is 4.10. The van der Waals surface area contributed by atoms with E-state index in [9.17, 15) is 4.79 Å². The lowest BCUT2D eigenvalue weighted by atomic mass is 10.3. The van der Waals surface area contributed by atoms with Crippen LogP contribution in [0.3, 0.4) is 0 Å². The fraction of sp³-hybridized carbons (Fsp3) is 0.286. The molecule has 106 valence electrons. The molecule has 0 bridgehead atoms. The molecule has 0 aliphatic rings. The van der Waals surface area contributed by atoms with Crippen LogP contribution in [-0.2, 0) is 4.79 Å². The summed E-state index contributed by atoms with van der Waals surface area (Å²) in [7, 11) is 0. The highest BCUT2D eigenvalue weighted by atomic mass is 35.5. The molecule has 20 heavy (non-hydrogen) atoms. The van der Waals surface area contributed by atoms with Crippen molar-refractivity contribution in [3.05, 3.63) is 45.4 Å². The van der Waals surface area contributed by atoms with Gasteiger partial charge >= 0.3 is 0 Å². The van der Waals surface area contributed by atoms with Gasteiger partial charge in [-0.05, 0) is 38.1 Å². The van der Waals surface area contributed by atoms with Gasteiger partial charge in [0.25, 0.3) is 0 Å². The Kier molecular flexibility index (Phi) is 5.11. The van der Waals surface area contributed by atoms with E-state index < -0.39 is 0 Å². The van der Waals surface area contributed by atoms with E-state index in [0.717, 1.165) is 16.4 Å². The second-order valence-electron chi connectivity index (χ2n) is 4.48. The topological polar surface area (TPSA) is 54.0 Å². The average Bonchev–Trinajstić information content (AvgIpc) is 2.85.